The predicted molar refractivity (Wildman–Crippen MR) is 61.7 cm³/mol. The molecule has 2 heterocycles. The number of nitrogens with zero attached hydrogens (tertiary/aromatic N) is 3. The smallest absolute Gasteiger partial charge is 0.102 e. The second kappa shape index (κ2) is 4.64. The van der Waals surface area contributed by atoms with E-state index in [1.807, 2.05) is 6.07 Å². The molecular formula is C11H8N4S. The van der Waals surface area contributed by atoms with Crippen molar-refractivity contribution in [2.45, 2.75) is 9.92 Å². The highest BCUT2D eigenvalue weighted by molar-refractivity contribution is 7.99. The Morgan fingerprint density at radius 3 is 2.94 bits per heavy atom. The molecule has 78 valence electrons. The minimum atomic E-state index is 0.588. The average Bonchev–Trinajstić information content (AvgIpc) is 2.32. The van der Waals surface area contributed by atoms with Crippen LogP contribution in [-0.2, 0) is 0 Å². The summed E-state index contributed by atoms with van der Waals surface area (Å²) in [6, 6.07) is 7.28. The van der Waals surface area contributed by atoms with Gasteiger partial charge in [0.25, 0.3) is 0 Å². The largest absolute Gasteiger partial charge is 0.397 e. The van der Waals surface area contributed by atoms with Crippen LogP contribution in [0.1, 0.15) is 5.56 Å². The Hall–Kier alpha value is -2.06. The molecular weight excluding hydrogens is 220 g/mol. The van der Waals surface area contributed by atoms with Crippen molar-refractivity contribution in [2.75, 3.05) is 5.73 Å². The number of aromatic nitrogens is 2. The highest BCUT2D eigenvalue weighted by Crippen LogP contribution is 2.29. The second-order valence-electron chi connectivity index (χ2n) is 3.01. The van der Waals surface area contributed by atoms with Gasteiger partial charge < -0.3 is 5.73 Å². The Labute approximate surface area is 97.1 Å². The topological polar surface area (TPSA) is 75.6 Å². The van der Waals surface area contributed by atoms with Crippen molar-refractivity contribution in [2.24, 2.45) is 0 Å². The lowest BCUT2D eigenvalue weighted by molar-refractivity contribution is 1.12. The summed E-state index contributed by atoms with van der Waals surface area (Å²) < 4.78 is 0. The van der Waals surface area contributed by atoms with Crippen molar-refractivity contribution in [1.82, 2.24) is 9.97 Å². The number of pyridine rings is 2. The van der Waals surface area contributed by atoms with Gasteiger partial charge >= 0.3 is 0 Å². The SMILES string of the molecule is N#Cc1ccnc(Sc2ccncc2N)c1. The summed E-state index contributed by atoms with van der Waals surface area (Å²) in [6.45, 7) is 0. The molecule has 0 radical (unpaired) electrons. The van der Waals surface area contributed by atoms with E-state index in [9.17, 15) is 0 Å². The lowest BCUT2D eigenvalue weighted by Gasteiger charge is -2.03. The van der Waals surface area contributed by atoms with E-state index >= 15 is 0 Å². The van der Waals surface area contributed by atoms with Crippen LogP contribution in [-0.4, -0.2) is 9.97 Å². The molecule has 2 N–H and O–H groups in total. The summed E-state index contributed by atoms with van der Waals surface area (Å²) in [5, 5.41) is 9.51. The fourth-order valence-corrected chi connectivity index (χ4v) is 1.96. The molecule has 0 fully saturated rings. The van der Waals surface area contributed by atoms with Crippen molar-refractivity contribution in [1.29, 1.82) is 5.26 Å². The van der Waals surface area contributed by atoms with E-state index in [0.29, 0.717) is 11.3 Å². The van der Waals surface area contributed by atoms with Gasteiger partial charge in [-0.1, -0.05) is 11.8 Å². The second-order valence-corrected chi connectivity index (χ2v) is 4.07. The third kappa shape index (κ3) is 2.30. The molecule has 4 nitrogen and oxygen atoms in total. The van der Waals surface area contributed by atoms with Gasteiger partial charge in [0.2, 0.25) is 0 Å². The molecule has 0 atom stereocenters. The molecule has 0 unspecified atom stereocenters. The molecule has 0 aromatic carbocycles. The molecule has 2 aromatic heterocycles. The van der Waals surface area contributed by atoms with Gasteiger partial charge in [0.15, 0.2) is 0 Å². The zero-order chi connectivity index (χ0) is 11.4. The summed E-state index contributed by atoms with van der Waals surface area (Å²) in [7, 11) is 0. The fraction of sp³-hybridized carbons (Fsp3) is 0. The van der Waals surface area contributed by atoms with E-state index in [-0.39, 0.29) is 0 Å². The van der Waals surface area contributed by atoms with E-state index < -0.39 is 0 Å². The summed E-state index contributed by atoms with van der Waals surface area (Å²) in [5.41, 5.74) is 6.96. The van der Waals surface area contributed by atoms with Crippen LogP contribution >= 0.6 is 11.8 Å². The molecule has 16 heavy (non-hydrogen) atoms. The Balaban J connectivity index is 2.28. The minimum Gasteiger partial charge on any atom is -0.397 e. The Kier molecular flexibility index (Phi) is 3.03. The van der Waals surface area contributed by atoms with E-state index in [0.717, 1.165) is 9.92 Å². The standard InChI is InChI=1S/C11H8N4S/c12-6-8-1-4-15-11(5-8)16-10-2-3-14-7-9(10)13/h1-5,7H,13H2. The lowest BCUT2D eigenvalue weighted by atomic mass is 10.3. The fourth-order valence-electron chi connectivity index (χ4n) is 1.13. The molecule has 0 aliphatic heterocycles. The molecule has 0 bridgehead atoms. The number of hydrogen-bond acceptors (Lipinski definition) is 5. The van der Waals surface area contributed by atoms with Gasteiger partial charge in [-0.2, -0.15) is 5.26 Å². The van der Waals surface area contributed by atoms with Crippen LogP contribution in [0.4, 0.5) is 5.69 Å². The van der Waals surface area contributed by atoms with Crippen LogP contribution < -0.4 is 5.73 Å². The van der Waals surface area contributed by atoms with Crippen molar-refractivity contribution in [3.8, 4) is 6.07 Å². The maximum absolute atomic E-state index is 8.76. The van der Waals surface area contributed by atoms with Crippen LogP contribution in [0.5, 0.6) is 0 Å². The normalized spacial score (nSPS) is 9.69. The number of rotatable bonds is 2. The van der Waals surface area contributed by atoms with Crippen LogP contribution in [0.2, 0.25) is 0 Å². The minimum absolute atomic E-state index is 0.588. The molecule has 0 saturated carbocycles. The first-order valence-corrected chi connectivity index (χ1v) is 5.35. The molecule has 0 saturated heterocycles. The maximum atomic E-state index is 8.76. The van der Waals surface area contributed by atoms with Gasteiger partial charge in [0.1, 0.15) is 5.03 Å². The first-order chi connectivity index (χ1) is 7.79. The van der Waals surface area contributed by atoms with Crippen LogP contribution in [0, 0.1) is 11.3 Å². The number of nitrogens with two attached hydrogens (primary N) is 1. The van der Waals surface area contributed by atoms with Crippen LogP contribution in [0.25, 0.3) is 0 Å². The van der Waals surface area contributed by atoms with Gasteiger partial charge in [-0.05, 0) is 18.2 Å². The van der Waals surface area contributed by atoms with E-state index in [2.05, 4.69) is 16.0 Å². The summed E-state index contributed by atoms with van der Waals surface area (Å²) in [4.78, 5) is 8.96. The molecule has 0 spiro atoms. The molecule has 2 aromatic rings. The molecule has 2 rings (SSSR count). The zero-order valence-electron chi connectivity index (χ0n) is 8.29. The average molecular weight is 228 g/mol. The van der Waals surface area contributed by atoms with Gasteiger partial charge in [-0.25, -0.2) is 4.98 Å². The first-order valence-electron chi connectivity index (χ1n) is 4.53. The zero-order valence-corrected chi connectivity index (χ0v) is 9.11. The maximum Gasteiger partial charge on any atom is 0.102 e. The molecule has 5 heteroatoms. The van der Waals surface area contributed by atoms with Gasteiger partial charge in [0, 0.05) is 17.3 Å². The van der Waals surface area contributed by atoms with Gasteiger partial charge in [0.05, 0.1) is 23.5 Å². The molecule has 0 amide bonds. The van der Waals surface area contributed by atoms with Crippen molar-refractivity contribution in [3.05, 3.63) is 42.4 Å². The predicted octanol–water partition coefficient (Wildman–Crippen LogP) is 2.08. The Morgan fingerprint density at radius 1 is 1.31 bits per heavy atom. The summed E-state index contributed by atoms with van der Waals surface area (Å²) >= 11 is 1.42. The van der Waals surface area contributed by atoms with Crippen LogP contribution in [0.3, 0.4) is 0 Å². The van der Waals surface area contributed by atoms with Crippen molar-refractivity contribution in [3.63, 3.8) is 0 Å². The molecule has 0 aliphatic rings. The quantitative estimate of drug-likeness (QED) is 0.851. The Morgan fingerprint density at radius 2 is 2.19 bits per heavy atom. The van der Waals surface area contributed by atoms with E-state index in [4.69, 9.17) is 11.0 Å². The monoisotopic (exact) mass is 228 g/mol. The van der Waals surface area contributed by atoms with Gasteiger partial charge in [-0.3, -0.25) is 4.98 Å². The highest BCUT2D eigenvalue weighted by Gasteiger charge is 2.03. The number of nitrogen functional groups attached to an aromatic ring is 1. The summed E-state index contributed by atoms with van der Waals surface area (Å²) in [6.07, 6.45) is 4.88. The van der Waals surface area contributed by atoms with Gasteiger partial charge in [-0.15, -0.1) is 0 Å². The first kappa shape index (κ1) is 10.5. The summed E-state index contributed by atoms with van der Waals surface area (Å²) in [5.74, 6) is 0. The molecule has 0 aliphatic carbocycles. The number of anilines is 1. The number of nitriles is 1. The van der Waals surface area contributed by atoms with Crippen LogP contribution in [0.15, 0.2) is 46.7 Å². The highest BCUT2D eigenvalue weighted by atomic mass is 32.2. The third-order valence-corrected chi connectivity index (χ3v) is 2.91. The Bertz CT molecular complexity index is 548. The van der Waals surface area contributed by atoms with E-state index in [1.165, 1.54) is 11.8 Å². The van der Waals surface area contributed by atoms with E-state index in [1.54, 1.807) is 30.7 Å². The number of hydrogen-bond donors (Lipinski definition) is 1. The third-order valence-electron chi connectivity index (χ3n) is 1.89. The lowest BCUT2D eigenvalue weighted by Crippen LogP contribution is -1.90. The van der Waals surface area contributed by atoms with Crippen molar-refractivity contribution >= 4 is 17.4 Å². The van der Waals surface area contributed by atoms with Crippen molar-refractivity contribution < 1.29 is 0 Å².